The fraction of sp³-hybridized carbons (Fsp3) is 0.571. The summed E-state index contributed by atoms with van der Waals surface area (Å²) in [6, 6.07) is 12.9. The minimum absolute atomic E-state index is 0.148. The highest BCUT2D eigenvalue weighted by Gasteiger charge is 2.18. The molecule has 1 heterocycles. The van der Waals surface area contributed by atoms with Gasteiger partial charge in [0.05, 0.1) is 49.3 Å². The molecule has 0 saturated heterocycles. The van der Waals surface area contributed by atoms with E-state index >= 15 is 0 Å². The molecule has 250 valence electrons. The number of hydrogen-bond donors (Lipinski definition) is 1. The summed E-state index contributed by atoms with van der Waals surface area (Å²) >= 11 is 0. The monoisotopic (exact) mass is 644 g/mol. The first kappa shape index (κ1) is 36.4. The molecule has 1 N–H and O–H groups in total. The van der Waals surface area contributed by atoms with Crippen molar-refractivity contribution in [3.8, 4) is 22.8 Å². The van der Waals surface area contributed by atoms with Gasteiger partial charge in [0.25, 0.3) is 0 Å². The number of benzene rings is 2. The van der Waals surface area contributed by atoms with Gasteiger partial charge in [-0.15, -0.1) is 0 Å². The molecular weight excluding hydrogens is 592 g/mol. The Kier molecular flexibility index (Phi) is 14.2. The standard InChI is InChI=1S/C35H52N2O7S/c1-5-7-9-11-21-36(22-12-10-8-6-2)29-17-15-28(16-18-29)35-34(39)33(38)31-27-30(19-20-32(31)44-35)43-25-13-23-37(3,4)24-14-26-45(40,41)42/h15-20,27H,5-14,21-26H2,1-4H3,(H-,39,40,41,42). The number of hydrogen-bond acceptors (Lipinski definition) is 8. The van der Waals surface area contributed by atoms with Gasteiger partial charge in [-0.2, -0.15) is 0 Å². The molecule has 0 aliphatic carbocycles. The van der Waals surface area contributed by atoms with Crippen LogP contribution in [-0.4, -0.2) is 75.2 Å². The van der Waals surface area contributed by atoms with Crippen LogP contribution in [0.3, 0.4) is 0 Å². The van der Waals surface area contributed by atoms with E-state index in [4.69, 9.17) is 9.15 Å². The Labute approximate surface area is 269 Å². The highest BCUT2D eigenvalue weighted by Crippen LogP contribution is 2.32. The van der Waals surface area contributed by atoms with E-state index in [0.717, 1.165) is 38.2 Å². The van der Waals surface area contributed by atoms with Crippen molar-refractivity contribution < 1.29 is 31.7 Å². The molecule has 10 heteroatoms. The van der Waals surface area contributed by atoms with Gasteiger partial charge in [0.15, 0.2) is 5.76 Å². The van der Waals surface area contributed by atoms with Crippen LogP contribution in [0.15, 0.2) is 51.7 Å². The number of unbranched alkanes of at least 4 members (excludes halogenated alkanes) is 6. The molecule has 3 aromatic rings. The zero-order valence-corrected chi connectivity index (χ0v) is 28.4. The minimum Gasteiger partial charge on any atom is -0.748 e. The molecule has 0 amide bonds. The third-order valence-electron chi connectivity index (χ3n) is 8.23. The van der Waals surface area contributed by atoms with E-state index < -0.39 is 21.3 Å². The van der Waals surface area contributed by atoms with Crippen molar-refractivity contribution >= 4 is 26.8 Å². The average molecular weight is 645 g/mol. The van der Waals surface area contributed by atoms with Crippen LogP contribution in [0.4, 0.5) is 5.69 Å². The second kappa shape index (κ2) is 17.6. The van der Waals surface area contributed by atoms with Gasteiger partial charge in [-0.25, -0.2) is 8.42 Å². The van der Waals surface area contributed by atoms with Crippen LogP contribution >= 0.6 is 0 Å². The number of quaternary nitrogens is 1. The second-order valence-corrected chi connectivity index (χ2v) is 14.1. The number of rotatable bonds is 21. The lowest BCUT2D eigenvalue weighted by molar-refractivity contribution is -0.890. The van der Waals surface area contributed by atoms with Crippen LogP contribution in [-0.2, 0) is 10.1 Å². The molecule has 0 saturated carbocycles. The predicted molar refractivity (Wildman–Crippen MR) is 181 cm³/mol. The quantitative estimate of drug-likeness (QED) is 0.0755. The smallest absolute Gasteiger partial charge is 0.235 e. The molecule has 0 radical (unpaired) electrons. The van der Waals surface area contributed by atoms with Crippen LogP contribution in [0.5, 0.6) is 11.5 Å². The Morgan fingerprint density at radius 3 is 2.09 bits per heavy atom. The van der Waals surface area contributed by atoms with Crippen molar-refractivity contribution in [3.05, 3.63) is 52.7 Å². The largest absolute Gasteiger partial charge is 0.748 e. The molecule has 0 fully saturated rings. The first-order valence-electron chi connectivity index (χ1n) is 16.5. The molecule has 0 bridgehead atoms. The summed E-state index contributed by atoms with van der Waals surface area (Å²) in [6.45, 7) is 8.16. The predicted octanol–water partition coefficient (Wildman–Crippen LogP) is 6.91. The van der Waals surface area contributed by atoms with Gasteiger partial charge in [0.2, 0.25) is 11.2 Å². The van der Waals surface area contributed by atoms with E-state index in [1.165, 1.54) is 38.5 Å². The number of anilines is 1. The van der Waals surface area contributed by atoms with Crippen LogP contribution in [0, 0.1) is 0 Å². The molecule has 9 nitrogen and oxygen atoms in total. The Morgan fingerprint density at radius 1 is 0.867 bits per heavy atom. The Balaban J connectivity index is 1.66. The maximum atomic E-state index is 13.2. The van der Waals surface area contributed by atoms with Crippen LogP contribution in [0.2, 0.25) is 0 Å². The summed E-state index contributed by atoms with van der Waals surface area (Å²) in [4.78, 5) is 15.6. The van der Waals surface area contributed by atoms with Gasteiger partial charge in [0.1, 0.15) is 11.3 Å². The van der Waals surface area contributed by atoms with Crippen molar-refractivity contribution in [1.29, 1.82) is 0 Å². The third kappa shape index (κ3) is 12.0. The number of fused-ring (bicyclic) bond motifs is 1. The van der Waals surface area contributed by atoms with Gasteiger partial charge < -0.3 is 28.2 Å². The molecule has 45 heavy (non-hydrogen) atoms. The lowest BCUT2D eigenvalue weighted by Crippen LogP contribution is -2.42. The molecule has 1 aromatic heterocycles. The van der Waals surface area contributed by atoms with Crippen molar-refractivity contribution in [2.24, 2.45) is 0 Å². The molecular formula is C35H52N2O7S. The lowest BCUT2D eigenvalue weighted by Gasteiger charge is -2.30. The normalized spacial score (nSPS) is 12.1. The average Bonchev–Trinajstić information content (AvgIpc) is 3.00. The second-order valence-electron chi connectivity index (χ2n) is 12.6. The Hall–Kier alpha value is -3.08. The zero-order chi connectivity index (χ0) is 32.9. The minimum atomic E-state index is -4.20. The SMILES string of the molecule is CCCCCCN(CCCCCC)c1ccc(-c2oc3ccc(OCCC[N+](C)(C)CCCS(=O)(=O)[O-])cc3c(=O)c2O)cc1. The highest BCUT2D eigenvalue weighted by atomic mass is 32.2. The first-order valence-corrected chi connectivity index (χ1v) is 18.1. The summed E-state index contributed by atoms with van der Waals surface area (Å²) in [5, 5.41) is 11.1. The highest BCUT2D eigenvalue weighted by molar-refractivity contribution is 7.85. The van der Waals surface area contributed by atoms with Gasteiger partial charge in [-0.05, 0) is 55.3 Å². The van der Waals surface area contributed by atoms with E-state index in [9.17, 15) is 22.9 Å². The summed E-state index contributed by atoms with van der Waals surface area (Å²) in [5.74, 6) is -0.147. The van der Waals surface area contributed by atoms with E-state index in [1.807, 2.05) is 38.4 Å². The maximum absolute atomic E-state index is 13.2. The molecule has 0 atom stereocenters. The van der Waals surface area contributed by atoms with Crippen molar-refractivity contribution in [3.63, 3.8) is 0 Å². The molecule has 0 unspecified atom stereocenters. The van der Waals surface area contributed by atoms with E-state index in [0.29, 0.717) is 47.4 Å². The summed E-state index contributed by atoms with van der Waals surface area (Å²) in [5.41, 5.74) is 1.62. The Morgan fingerprint density at radius 2 is 1.49 bits per heavy atom. The van der Waals surface area contributed by atoms with Crippen LogP contribution in [0.25, 0.3) is 22.3 Å². The topological polar surface area (TPSA) is 120 Å². The maximum Gasteiger partial charge on any atom is 0.235 e. The Bertz CT molecular complexity index is 1490. The molecule has 0 aliphatic heterocycles. The fourth-order valence-corrected chi connectivity index (χ4v) is 6.05. The fourth-order valence-electron chi connectivity index (χ4n) is 5.57. The lowest BCUT2D eigenvalue weighted by atomic mass is 10.1. The van der Waals surface area contributed by atoms with Gasteiger partial charge >= 0.3 is 0 Å². The molecule has 3 rings (SSSR count). The first-order chi connectivity index (χ1) is 21.4. The van der Waals surface area contributed by atoms with Crippen LogP contribution in [0.1, 0.15) is 78.1 Å². The summed E-state index contributed by atoms with van der Waals surface area (Å²) in [7, 11) is -0.247. The van der Waals surface area contributed by atoms with Gasteiger partial charge in [-0.3, -0.25) is 4.79 Å². The zero-order valence-electron chi connectivity index (χ0n) is 27.6. The summed E-state index contributed by atoms with van der Waals surface area (Å²) in [6.07, 6.45) is 10.7. The van der Waals surface area contributed by atoms with Crippen molar-refractivity contribution in [2.75, 3.05) is 57.5 Å². The number of ether oxygens (including phenoxy) is 1. The molecule has 0 aliphatic rings. The van der Waals surface area contributed by atoms with E-state index in [1.54, 1.807) is 18.2 Å². The van der Waals surface area contributed by atoms with Crippen molar-refractivity contribution in [2.45, 2.75) is 78.1 Å². The van der Waals surface area contributed by atoms with Gasteiger partial charge in [-0.1, -0.05) is 52.4 Å². The van der Waals surface area contributed by atoms with E-state index in [-0.39, 0.29) is 16.9 Å². The number of aromatic hydroxyl groups is 1. The molecule has 2 aromatic carbocycles. The molecule has 0 spiro atoms. The van der Waals surface area contributed by atoms with E-state index in [2.05, 4.69) is 18.7 Å². The van der Waals surface area contributed by atoms with Crippen molar-refractivity contribution in [1.82, 2.24) is 0 Å². The third-order valence-corrected chi connectivity index (χ3v) is 9.02. The van der Waals surface area contributed by atoms with Gasteiger partial charge in [0, 0.05) is 42.9 Å². The van der Waals surface area contributed by atoms with Crippen LogP contribution < -0.4 is 15.1 Å². The summed E-state index contributed by atoms with van der Waals surface area (Å²) < 4.78 is 45.1. The number of nitrogens with zero attached hydrogens (tertiary/aromatic N) is 2.